The van der Waals surface area contributed by atoms with Crippen LogP contribution in [-0.2, 0) is 4.79 Å². The van der Waals surface area contributed by atoms with Crippen molar-refractivity contribution in [2.24, 2.45) is 5.10 Å². The third-order valence-electron chi connectivity index (χ3n) is 5.18. The zero-order valence-corrected chi connectivity index (χ0v) is 20.5. The molecular weight excluding hydrogens is 462 g/mol. The van der Waals surface area contributed by atoms with Crippen LogP contribution in [0.1, 0.15) is 12.5 Å². The molecule has 1 amide bonds. The lowest BCUT2D eigenvalue weighted by atomic mass is 10.1. The van der Waals surface area contributed by atoms with Crippen molar-refractivity contribution in [2.75, 3.05) is 20.0 Å². The van der Waals surface area contributed by atoms with Crippen LogP contribution in [0.3, 0.4) is 0 Å². The molecule has 0 saturated heterocycles. The van der Waals surface area contributed by atoms with Crippen LogP contribution in [0.25, 0.3) is 17.1 Å². The maximum Gasteiger partial charge on any atom is 0.250 e. The van der Waals surface area contributed by atoms with E-state index >= 15 is 0 Å². The summed E-state index contributed by atoms with van der Waals surface area (Å²) < 4.78 is 12.5. The van der Waals surface area contributed by atoms with Crippen LogP contribution in [0.5, 0.6) is 11.5 Å². The zero-order chi connectivity index (χ0) is 24.6. The topological polar surface area (TPSA) is 90.6 Å². The molecule has 0 aliphatic rings. The number of thioether (sulfide) groups is 1. The highest BCUT2D eigenvalue weighted by atomic mass is 32.2. The van der Waals surface area contributed by atoms with Gasteiger partial charge in [-0.2, -0.15) is 5.10 Å². The Hall–Kier alpha value is -4.11. The van der Waals surface area contributed by atoms with E-state index in [2.05, 4.69) is 20.7 Å². The molecule has 178 valence electrons. The second kappa shape index (κ2) is 11.3. The summed E-state index contributed by atoms with van der Waals surface area (Å²) in [5, 5.41) is 13.6. The molecule has 0 aliphatic carbocycles. The van der Waals surface area contributed by atoms with Crippen LogP contribution >= 0.6 is 11.8 Å². The Labute approximate surface area is 208 Å². The molecule has 4 rings (SSSR count). The Morgan fingerprint density at radius 2 is 1.54 bits per heavy atom. The van der Waals surface area contributed by atoms with Crippen molar-refractivity contribution in [2.45, 2.75) is 12.1 Å². The summed E-state index contributed by atoms with van der Waals surface area (Å²) in [5.74, 6) is 2.04. The Morgan fingerprint density at radius 3 is 2.17 bits per heavy atom. The first-order chi connectivity index (χ1) is 17.1. The summed E-state index contributed by atoms with van der Waals surface area (Å²) in [6.45, 7) is 1.85. The van der Waals surface area contributed by atoms with Gasteiger partial charge in [0.25, 0.3) is 5.91 Å². The molecule has 0 unspecified atom stereocenters. The van der Waals surface area contributed by atoms with Crippen molar-refractivity contribution < 1.29 is 14.3 Å². The van der Waals surface area contributed by atoms with Crippen molar-refractivity contribution in [1.82, 2.24) is 20.2 Å². The SMILES string of the molecule is COc1ccc(-c2nnc(SCC(=O)NN=C(C)c3ccccc3)n2-c2ccc(OC)cc2)cc1. The highest BCUT2D eigenvalue weighted by Gasteiger charge is 2.17. The van der Waals surface area contributed by atoms with Gasteiger partial charge in [0.2, 0.25) is 0 Å². The first-order valence-corrected chi connectivity index (χ1v) is 11.8. The number of carbonyl (C=O) groups is 1. The predicted octanol–water partition coefficient (Wildman–Crippen LogP) is 4.58. The molecule has 1 N–H and O–H groups in total. The maximum atomic E-state index is 12.5. The largest absolute Gasteiger partial charge is 0.497 e. The molecule has 1 heterocycles. The number of methoxy groups -OCH3 is 2. The van der Waals surface area contributed by atoms with Gasteiger partial charge in [-0.05, 0) is 61.0 Å². The molecule has 9 heteroatoms. The smallest absolute Gasteiger partial charge is 0.250 e. The molecule has 0 fully saturated rings. The predicted molar refractivity (Wildman–Crippen MR) is 137 cm³/mol. The minimum atomic E-state index is -0.236. The molecule has 3 aromatic carbocycles. The molecule has 0 aliphatic heterocycles. The van der Waals surface area contributed by atoms with E-state index in [9.17, 15) is 4.79 Å². The molecule has 0 atom stereocenters. The van der Waals surface area contributed by atoms with Gasteiger partial charge in [-0.25, -0.2) is 5.43 Å². The van der Waals surface area contributed by atoms with Gasteiger partial charge < -0.3 is 9.47 Å². The molecule has 4 aromatic rings. The van der Waals surface area contributed by atoms with Crippen molar-refractivity contribution in [1.29, 1.82) is 0 Å². The second-order valence-electron chi connectivity index (χ2n) is 7.46. The van der Waals surface area contributed by atoms with Crippen molar-refractivity contribution in [3.05, 3.63) is 84.4 Å². The van der Waals surface area contributed by atoms with Gasteiger partial charge in [0.15, 0.2) is 11.0 Å². The lowest BCUT2D eigenvalue weighted by molar-refractivity contribution is -0.118. The number of benzene rings is 3. The Kier molecular flexibility index (Phi) is 7.79. The summed E-state index contributed by atoms with van der Waals surface area (Å²) in [6.07, 6.45) is 0. The highest BCUT2D eigenvalue weighted by Crippen LogP contribution is 2.29. The van der Waals surface area contributed by atoms with Gasteiger partial charge in [0.05, 0.1) is 25.7 Å². The summed E-state index contributed by atoms with van der Waals surface area (Å²) >= 11 is 1.28. The Bertz CT molecular complexity index is 1300. The molecule has 0 radical (unpaired) electrons. The van der Waals surface area contributed by atoms with Crippen molar-refractivity contribution >= 4 is 23.4 Å². The van der Waals surface area contributed by atoms with Crippen LogP contribution in [0, 0.1) is 0 Å². The fraction of sp³-hybridized carbons (Fsp3) is 0.154. The van der Waals surface area contributed by atoms with E-state index in [0.717, 1.165) is 34.0 Å². The highest BCUT2D eigenvalue weighted by molar-refractivity contribution is 7.99. The molecule has 1 aromatic heterocycles. The number of nitrogens with zero attached hydrogens (tertiary/aromatic N) is 4. The minimum Gasteiger partial charge on any atom is -0.497 e. The zero-order valence-electron chi connectivity index (χ0n) is 19.6. The van der Waals surface area contributed by atoms with Crippen molar-refractivity contribution in [3.63, 3.8) is 0 Å². The fourth-order valence-corrected chi connectivity index (χ4v) is 4.05. The lowest BCUT2D eigenvalue weighted by Gasteiger charge is -2.11. The van der Waals surface area contributed by atoms with Gasteiger partial charge in [-0.15, -0.1) is 10.2 Å². The maximum absolute atomic E-state index is 12.5. The van der Waals surface area contributed by atoms with E-state index in [0.29, 0.717) is 11.0 Å². The first kappa shape index (κ1) is 24.0. The summed E-state index contributed by atoms with van der Waals surface area (Å²) in [6, 6.07) is 24.9. The summed E-state index contributed by atoms with van der Waals surface area (Å²) in [5.41, 5.74) is 6.01. The first-order valence-electron chi connectivity index (χ1n) is 10.8. The number of ether oxygens (including phenoxy) is 2. The van der Waals surface area contributed by atoms with E-state index in [1.165, 1.54) is 11.8 Å². The van der Waals surface area contributed by atoms with Gasteiger partial charge >= 0.3 is 0 Å². The standard InChI is InChI=1S/C26H25N5O3S/c1-18(19-7-5-4-6-8-19)27-28-24(32)17-35-26-30-29-25(20-9-13-22(33-2)14-10-20)31(26)21-11-15-23(34-3)16-12-21/h4-16H,17H2,1-3H3,(H,28,32). The quantitative estimate of drug-likeness (QED) is 0.211. The van der Waals surface area contributed by atoms with Gasteiger partial charge in [-0.1, -0.05) is 42.1 Å². The summed E-state index contributed by atoms with van der Waals surface area (Å²) in [4.78, 5) is 12.5. The average Bonchev–Trinajstić information content (AvgIpc) is 3.35. The number of nitrogens with one attached hydrogen (secondary N) is 1. The van der Waals surface area contributed by atoms with Crippen LogP contribution in [0.2, 0.25) is 0 Å². The number of amides is 1. The van der Waals surface area contributed by atoms with E-state index < -0.39 is 0 Å². The average molecular weight is 488 g/mol. The number of aromatic nitrogens is 3. The minimum absolute atomic E-state index is 0.127. The number of rotatable bonds is 9. The molecule has 0 saturated carbocycles. The third kappa shape index (κ3) is 5.88. The van der Waals surface area contributed by atoms with E-state index in [1.807, 2.05) is 90.4 Å². The van der Waals surface area contributed by atoms with Crippen LogP contribution in [-0.4, -0.2) is 46.4 Å². The molecular formula is C26H25N5O3S. The van der Waals surface area contributed by atoms with Crippen molar-refractivity contribution in [3.8, 4) is 28.6 Å². The molecule has 0 spiro atoms. The van der Waals surface area contributed by atoms with E-state index in [-0.39, 0.29) is 11.7 Å². The van der Waals surface area contributed by atoms with Gasteiger partial charge in [0.1, 0.15) is 11.5 Å². The second-order valence-corrected chi connectivity index (χ2v) is 8.40. The molecule has 35 heavy (non-hydrogen) atoms. The number of carbonyl (C=O) groups excluding carboxylic acids is 1. The number of hydrogen-bond donors (Lipinski definition) is 1. The lowest BCUT2D eigenvalue weighted by Crippen LogP contribution is -2.21. The van der Waals surface area contributed by atoms with Crippen LogP contribution in [0.4, 0.5) is 0 Å². The van der Waals surface area contributed by atoms with E-state index in [1.54, 1.807) is 14.2 Å². The number of hydrogen-bond acceptors (Lipinski definition) is 7. The number of hydrazone groups is 1. The van der Waals surface area contributed by atoms with Gasteiger partial charge in [0, 0.05) is 11.3 Å². The normalized spacial score (nSPS) is 11.2. The molecule has 0 bridgehead atoms. The molecule has 8 nitrogen and oxygen atoms in total. The fourth-order valence-electron chi connectivity index (χ4n) is 3.31. The van der Waals surface area contributed by atoms with Crippen LogP contribution < -0.4 is 14.9 Å². The van der Waals surface area contributed by atoms with Gasteiger partial charge in [-0.3, -0.25) is 9.36 Å². The Balaban J connectivity index is 1.55. The monoisotopic (exact) mass is 487 g/mol. The Morgan fingerprint density at radius 1 is 0.914 bits per heavy atom. The van der Waals surface area contributed by atoms with E-state index in [4.69, 9.17) is 9.47 Å². The summed E-state index contributed by atoms with van der Waals surface area (Å²) in [7, 11) is 3.25. The van der Waals surface area contributed by atoms with Crippen LogP contribution in [0.15, 0.2) is 89.1 Å². The third-order valence-corrected chi connectivity index (χ3v) is 6.11.